The third kappa shape index (κ3) is 2.79. The van der Waals surface area contributed by atoms with Crippen molar-refractivity contribution in [3.8, 4) is 0 Å². The van der Waals surface area contributed by atoms with E-state index in [9.17, 15) is 9.59 Å². The molecule has 1 amide bonds. The molecule has 0 unspecified atom stereocenters. The number of hydrogen-bond acceptors (Lipinski definition) is 4. The summed E-state index contributed by atoms with van der Waals surface area (Å²) in [5, 5.41) is 11.4. The Bertz CT molecular complexity index is 646. The molecule has 0 atom stereocenters. The molecule has 0 aliphatic rings. The number of aromatic nitrogens is 1. The molecule has 0 bridgehead atoms. The van der Waals surface area contributed by atoms with Crippen molar-refractivity contribution >= 4 is 17.6 Å². The maximum Gasteiger partial charge on any atom is 0.337 e. The van der Waals surface area contributed by atoms with Crippen LogP contribution in [0.1, 0.15) is 32.2 Å². The van der Waals surface area contributed by atoms with E-state index in [-0.39, 0.29) is 11.5 Å². The maximum atomic E-state index is 12.0. The molecule has 2 rings (SSSR count). The number of aromatic carboxylic acids is 1. The van der Waals surface area contributed by atoms with Crippen LogP contribution in [-0.2, 0) is 0 Å². The number of carboxylic acid groups (broad SMARTS) is 1. The highest BCUT2D eigenvalue weighted by Crippen LogP contribution is 2.16. The van der Waals surface area contributed by atoms with Crippen molar-refractivity contribution in [3.05, 3.63) is 47.2 Å². The normalized spacial score (nSPS) is 10.2. The van der Waals surface area contributed by atoms with Gasteiger partial charge in [0, 0.05) is 6.20 Å². The highest BCUT2D eigenvalue weighted by Gasteiger charge is 2.14. The Morgan fingerprint density at radius 3 is 2.58 bits per heavy atom. The highest BCUT2D eigenvalue weighted by atomic mass is 16.4. The minimum atomic E-state index is -1.10. The summed E-state index contributed by atoms with van der Waals surface area (Å²) in [4.78, 5) is 26.5. The molecule has 19 heavy (non-hydrogen) atoms. The Hall–Kier alpha value is -2.63. The summed E-state index contributed by atoms with van der Waals surface area (Å²) in [6.07, 6.45) is 2.60. The highest BCUT2D eigenvalue weighted by molar-refractivity contribution is 6.05. The third-order valence-corrected chi connectivity index (χ3v) is 2.53. The van der Waals surface area contributed by atoms with Crippen LogP contribution >= 0.6 is 0 Å². The van der Waals surface area contributed by atoms with Gasteiger partial charge in [-0.25, -0.2) is 4.79 Å². The minimum Gasteiger partial charge on any atom is -0.478 e. The number of aryl methyl sites for hydroxylation is 2. The molecule has 6 heteroatoms. The van der Waals surface area contributed by atoms with Crippen LogP contribution < -0.4 is 5.32 Å². The fourth-order valence-electron chi connectivity index (χ4n) is 1.68. The predicted molar refractivity (Wildman–Crippen MR) is 67.3 cm³/mol. The van der Waals surface area contributed by atoms with Gasteiger partial charge in [-0.2, -0.15) is 0 Å². The lowest BCUT2D eigenvalue weighted by Gasteiger charge is -2.04. The van der Waals surface area contributed by atoms with Crippen LogP contribution in [0.3, 0.4) is 0 Å². The molecule has 2 heterocycles. The molecule has 0 saturated heterocycles. The van der Waals surface area contributed by atoms with Crippen molar-refractivity contribution < 1.29 is 19.1 Å². The van der Waals surface area contributed by atoms with E-state index in [2.05, 4.69) is 10.3 Å². The van der Waals surface area contributed by atoms with Crippen LogP contribution in [0.5, 0.6) is 0 Å². The number of pyridine rings is 1. The topological polar surface area (TPSA) is 92.4 Å². The first kappa shape index (κ1) is 12.8. The quantitative estimate of drug-likeness (QED) is 0.882. The fraction of sp³-hybridized carbons (Fsp3) is 0.154. The number of amides is 1. The van der Waals surface area contributed by atoms with E-state index in [4.69, 9.17) is 9.52 Å². The van der Waals surface area contributed by atoms with E-state index in [0.717, 1.165) is 0 Å². The number of hydrogen-bond donors (Lipinski definition) is 2. The van der Waals surface area contributed by atoms with Crippen LogP contribution in [0.2, 0.25) is 0 Å². The molecule has 0 radical (unpaired) electrons. The molecule has 0 spiro atoms. The lowest BCUT2D eigenvalue weighted by Crippen LogP contribution is -2.13. The Kier molecular flexibility index (Phi) is 3.33. The molecule has 6 nitrogen and oxygen atoms in total. The molecule has 0 aliphatic heterocycles. The summed E-state index contributed by atoms with van der Waals surface area (Å²) >= 11 is 0. The van der Waals surface area contributed by atoms with Gasteiger partial charge in [0.05, 0.1) is 23.0 Å². The Morgan fingerprint density at radius 2 is 2.00 bits per heavy atom. The van der Waals surface area contributed by atoms with E-state index < -0.39 is 5.97 Å². The van der Waals surface area contributed by atoms with Gasteiger partial charge < -0.3 is 14.8 Å². The SMILES string of the molecule is Cc1cc(C(=O)Nc2cncc(C(=O)O)c2)c(C)o1. The number of carbonyl (C=O) groups is 2. The molecule has 2 aromatic rings. The number of furan rings is 1. The summed E-state index contributed by atoms with van der Waals surface area (Å²) in [5.41, 5.74) is 0.749. The van der Waals surface area contributed by atoms with Crippen LogP contribution in [0.15, 0.2) is 28.9 Å². The molecule has 2 aromatic heterocycles. The number of nitrogens with zero attached hydrogens (tertiary/aromatic N) is 1. The van der Waals surface area contributed by atoms with Gasteiger partial charge >= 0.3 is 5.97 Å². The average molecular weight is 260 g/mol. The number of carbonyl (C=O) groups excluding carboxylic acids is 1. The van der Waals surface area contributed by atoms with E-state index in [0.29, 0.717) is 22.8 Å². The monoisotopic (exact) mass is 260 g/mol. The van der Waals surface area contributed by atoms with Crippen molar-refractivity contribution in [2.75, 3.05) is 5.32 Å². The van der Waals surface area contributed by atoms with Gasteiger partial charge in [-0.3, -0.25) is 9.78 Å². The largest absolute Gasteiger partial charge is 0.478 e. The Labute approximate surface area is 109 Å². The number of nitrogens with one attached hydrogen (secondary N) is 1. The van der Waals surface area contributed by atoms with Crippen LogP contribution in [0, 0.1) is 13.8 Å². The summed E-state index contributed by atoms with van der Waals surface area (Å²) in [5.74, 6) is -0.310. The molecule has 0 fully saturated rings. The first-order valence-corrected chi connectivity index (χ1v) is 5.54. The van der Waals surface area contributed by atoms with Crippen molar-refractivity contribution in [1.29, 1.82) is 0 Å². The first-order chi connectivity index (χ1) is 8.97. The number of anilines is 1. The van der Waals surface area contributed by atoms with Gasteiger partial charge in [0.15, 0.2) is 0 Å². The van der Waals surface area contributed by atoms with Gasteiger partial charge in [0.25, 0.3) is 5.91 Å². The van der Waals surface area contributed by atoms with E-state index in [1.807, 2.05) is 0 Å². The summed E-state index contributed by atoms with van der Waals surface area (Å²) in [6.45, 7) is 3.43. The molecule has 0 aliphatic carbocycles. The lowest BCUT2D eigenvalue weighted by atomic mass is 10.2. The van der Waals surface area contributed by atoms with Gasteiger partial charge in [-0.15, -0.1) is 0 Å². The second-order valence-electron chi connectivity index (χ2n) is 4.05. The molecule has 98 valence electrons. The lowest BCUT2D eigenvalue weighted by molar-refractivity contribution is 0.0696. The van der Waals surface area contributed by atoms with Crippen molar-refractivity contribution in [2.24, 2.45) is 0 Å². The molecule has 0 saturated carbocycles. The Morgan fingerprint density at radius 1 is 1.26 bits per heavy atom. The molecular weight excluding hydrogens is 248 g/mol. The van der Waals surface area contributed by atoms with Gasteiger partial charge in [0.1, 0.15) is 11.5 Å². The second kappa shape index (κ2) is 4.93. The van der Waals surface area contributed by atoms with E-state index in [1.54, 1.807) is 19.9 Å². The predicted octanol–water partition coefficient (Wildman–Crippen LogP) is 2.24. The van der Waals surface area contributed by atoms with Crippen LogP contribution in [0.4, 0.5) is 5.69 Å². The third-order valence-electron chi connectivity index (χ3n) is 2.53. The smallest absolute Gasteiger partial charge is 0.337 e. The molecule has 0 aromatic carbocycles. The minimum absolute atomic E-state index is 0.0119. The Balaban J connectivity index is 2.21. The van der Waals surface area contributed by atoms with Crippen LogP contribution in [-0.4, -0.2) is 22.0 Å². The number of carboxylic acids is 1. The van der Waals surface area contributed by atoms with E-state index in [1.165, 1.54) is 18.5 Å². The molecule has 2 N–H and O–H groups in total. The number of rotatable bonds is 3. The first-order valence-electron chi connectivity index (χ1n) is 5.54. The zero-order valence-corrected chi connectivity index (χ0v) is 10.4. The maximum absolute atomic E-state index is 12.0. The van der Waals surface area contributed by atoms with Gasteiger partial charge in [-0.1, -0.05) is 0 Å². The summed E-state index contributed by atoms with van der Waals surface area (Å²) in [6, 6.07) is 2.97. The van der Waals surface area contributed by atoms with Gasteiger partial charge in [0.2, 0.25) is 0 Å². The van der Waals surface area contributed by atoms with Gasteiger partial charge in [-0.05, 0) is 26.0 Å². The van der Waals surface area contributed by atoms with Crippen molar-refractivity contribution in [2.45, 2.75) is 13.8 Å². The van der Waals surface area contributed by atoms with Crippen LogP contribution in [0.25, 0.3) is 0 Å². The van der Waals surface area contributed by atoms with E-state index >= 15 is 0 Å². The average Bonchev–Trinajstić information content (AvgIpc) is 2.69. The fourth-order valence-corrected chi connectivity index (χ4v) is 1.68. The summed E-state index contributed by atoms with van der Waals surface area (Å²) < 4.78 is 5.26. The molecular formula is C13H12N2O4. The standard InChI is InChI=1S/C13H12N2O4/c1-7-3-11(8(2)19-7)12(16)15-10-4-9(13(17)18)5-14-6-10/h3-6H,1-2H3,(H,15,16)(H,17,18). The zero-order valence-electron chi connectivity index (χ0n) is 10.4. The van der Waals surface area contributed by atoms with Crippen molar-refractivity contribution in [3.63, 3.8) is 0 Å². The second-order valence-corrected chi connectivity index (χ2v) is 4.05. The van der Waals surface area contributed by atoms with Crippen molar-refractivity contribution in [1.82, 2.24) is 4.98 Å². The summed E-state index contributed by atoms with van der Waals surface area (Å²) in [7, 11) is 0. The zero-order chi connectivity index (χ0) is 14.0.